The number of ether oxygens (including phenoxy) is 1. The number of nitrogens with zero attached hydrogens (tertiary/aromatic N) is 3. The number of benzene rings is 1. The summed E-state index contributed by atoms with van der Waals surface area (Å²) in [6, 6.07) is 8.38. The summed E-state index contributed by atoms with van der Waals surface area (Å²) in [5.41, 5.74) is 4.41. The van der Waals surface area contributed by atoms with Crippen LogP contribution in [0.4, 0.5) is 0 Å². The zero-order valence-electron chi connectivity index (χ0n) is 13.1. The fourth-order valence-corrected chi connectivity index (χ4v) is 2.53. The number of pyridine rings is 1. The minimum absolute atomic E-state index is 0.676. The van der Waals surface area contributed by atoms with Gasteiger partial charge in [0.2, 0.25) is 5.88 Å². The minimum Gasteiger partial charge on any atom is -0.481 e. The number of hydrogen-bond donors (Lipinski definition) is 1. The lowest BCUT2D eigenvalue weighted by Gasteiger charge is -2.10. The largest absolute Gasteiger partial charge is 0.481 e. The molecule has 0 radical (unpaired) electrons. The van der Waals surface area contributed by atoms with E-state index in [1.807, 2.05) is 25.5 Å². The van der Waals surface area contributed by atoms with Crippen LogP contribution in [0.5, 0.6) is 5.88 Å². The van der Waals surface area contributed by atoms with Crippen molar-refractivity contribution in [2.75, 3.05) is 7.11 Å². The molecule has 0 unspecified atom stereocenters. The molecule has 0 aliphatic carbocycles. The Morgan fingerprint density at radius 1 is 1.23 bits per heavy atom. The van der Waals surface area contributed by atoms with E-state index in [9.17, 15) is 0 Å². The quantitative estimate of drug-likeness (QED) is 0.786. The molecule has 0 amide bonds. The van der Waals surface area contributed by atoms with E-state index >= 15 is 0 Å². The molecule has 0 atom stereocenters. The summed E-state index contributed by atoms with van der Waals surface area (Å²) in [6.45, 7) is 3.56. The number of methoxy groups -OCH3 is 1. The van der Waals surface area contributed by atoms with E-state index in [2.05, 4.69) is 40.5 Å². The van der Waals surface area contributed by atoms with Crippen LogP contribution in [-0.4, -0.2) is 21.9 Å². The Morgan fingerprint density at radius 3 is 2.82 bits per heavy atom. The van der Waals surface area contributed by atoms with E-state index in [0.717, 1.165) is 28.6 Å². The van der Waals surface area contributed by atoms with E-state index in [1.165, 1.54) is 5.56 Å². The Hall–Kier alpha value is -2.40. The van der Waals surface area contributed by atoms with Crippen LogP contribution in [0.1, 0.15) is 16.7 Å². The number of nitrogens with one attached hydrogen (secondary N) is 1. The van der Waals surface area contributed by atoms with E-state index in [4.69, 9.17) is 4.74 Å². The molecule has 3 aromatic rings. The second-order valence-electron chi connectivity index (χ2n) is 5.48. The van der Waals surface area contributed by atoms with Crippen LogP contribution in [0.15, 0.2) is 36.7 Å². The second-order valence-corrected chi connectivity index (χ2v) is 5.48. The van der Waals surface area contributed by atoms with Gasteiger partial charge in [-0.05, 0) is 25.1 Å². The molecule has 3 rings (SSSR count). The standard InChI is InChI=1S/C17H20N4O/c1-12-4-5-16-14(6-12)7-15(17(20-16)22-3)10-18-8-13-9-19-21(2)11-13/h4-7,9,11,18H,8,10H2,1-3H3. The maximum absolute atomic E-state index is 5.42. The first-order valence-corrected chi connectivity index (χ1v) is 7.28. The van der Waals surface area contributed by atoms with Crippen LogP contribution in [-0.2, 0) is 20.1 Å². The highest BCUT2D eigenvalue weighted by atomic mass is 16.5. The van der Waals surface area contributed by atoms with Gasteiger partial charge in [0.05, 0.1) is 18.8 Å². The Labute approximate surface area is 129 Å². The van der Waals surface area contributed by atoms with E-state index in [0.29, 0.717) is 12.4 Å². The molecule has 0 fully saturated rings. The van der Waals surface area contributed by atoms with Gasteiger partial charge in [-0.1, -0.05) is 11.6 Å². The number of hydrogen-bond acceptors (Lipinski definition) is 4. The van der Waals surface area contributed by atoms with E-state index in [1.54, 1.807) is 11.8 Å². The zero-order chi connectivity index (χ0) is 15.5. The van der Waals surface area contributed by atoms with Gasteiger partial charge in [0.25, 0.3) is 0 Å². The van der Waals surface area contributed by atoms with Crippen LogP contribution in [0.2, 0.25) is 0 Å². The third kappa shape index (κ3) is 3.09. The van der Waals surface area contributed by atoms with Crippen molar-refractivity contribution >= 4 is 10.9 Å². The van der Waals surface area contributed by atoms with Crippen molar-refractivity contribution in [3.05, 3.63) is 53.3 Å². The molecule has 0 aliphatic heterocycles. The van der Waals surface area contributed by atoms with Gasteiger partial charge in [0, 0.05) is 42.8 Å². The average molecular weight is 296 g/mol. The van der Waals surface area contributed by atoms with Crippen LogP contribution in [0.25, 0.3) is 10.9 Å². The van der Waals surface area contributed by atoms with Gasteiger partial charge in [0.15, 0.2) is 0 Å². The number of aryl methyl sites for hydroxylation is 2. The molecule has 2 aromatic heterocycles. The molecule has 114 valence electrons. The first kappa shape index (κ1) is 14.5. The molecular formula is C17H20N4O. The molecule has 0 bridgehead atoms. The Balaban J connectivity index is 1.79. The lowest BCUT2D eigenvalue weighted by Crippen LogP contribution is -2.13. The molecular weight excluding hydrogens is 276 g/mol. The number of rotatable bonds is 5. The lowest BCUT2D eigenvalue weighted by molar-refractivity contribution is 0.392. The fourth-order valence-electron chi connectivity index (χ4n) is 2.53. The van der Waals surface area contributed by atoms with Crippen LogP contribution in [0, 0.1) is 6.92 Å². The Kier molecular flexibility index (Phi) is 4.06. The van der Waals surface area contributed by atoms with Crippen LogP contribution in [0.3, 0.4) is 0 Å². The number of fused-ring (bicyclic) bond motifs is 1. The third-order valence-electron chi connectivity index (χ3n) is 3.61. The van der Waals surface area contributed by atoms with Gasteiger partial charge in [-0.25, -0.2) is 4.98 Å². The van der Waals surface area contributed by atoms with Crippen molar-refractivity contribution in [1.29, 1.82) is 0 Å². The summed E-state index contributed by atoms with van der Waals surface area (Å²) in [5, 5.41) is 8.72. The van der Waals surface area contributed by atoms with E-state index < -0.39 is 0 Å². The molecule has 0 saturated heterocycles. The van der Waals surface area contributed by atoms with Crippen molar-refractivity contribution in [1.82, 2.24) is 20.1 Å². The van der Waals surface area contributed by atoms with Crippen molar-refractivity contribution in [2.24, 2.45) is 7.05 Å². The van der Waals surface area contributed by atoms with Crippen LogP contribution >= 0.6 is 0 Å². The van der Waals surface area contributed by atoms with Gasteiger partial charge < -0.3 is 10.1 Å². The first-order valence-electron chi connectivity index (χ1n) is 7.28. The third-order valence-corrected chi connectivity index (χ3v) is 3.61. The summed E-state index contributed by atoms with van der Waals surface area (Å²) >= 11 is 0. The monoisotopic (exact) mass is 296 g/mol. The van der Waals surface area contributed by atoms with Crippen molar-refractivity contribution in [2.45, 2.75) is 20.0 Å². The molecule has 5 nitrogen and oxygen atoms in total. The van der Waals surface area contributed by atoms with Gasteiger partial charge in [-0.15, -0.1) is 0 Å². The predicted octanol–water partition coefficient (Wildman–Crippen LogP) is 2.58. The summed E-state index contributed by atoms with van der Waals surface area (Å²) in [4.78, 5) is 4.59. The van der Waals surface area contributed by atoms with Crippen molar-refractivity contribution in [3.8, 4) is 5.88 Å². The van der Waals surface area contributed by atoms with Gasteiger partial charge in [0.1, 0.15) is 0 Å². The molecule has 0 spiro atoms. The second kappa shape index (κ2) is 6.15. The summed E-state index contributed by atoms with van der Waals surface area (Å²) in [7, 11) is 3.58. The number of aromatic nitrogens is 3. The van der Waals surface area contributed by atoms with Gasteiger partial charge >= 0.3 is 0 Å². The summed E-state index contributed by atoms with van der Waals surface area (Å²) < 4.78 is 7.23. The fraction of sp³-hybridized carbons (Fsp3) is 0.294. The maximum Gasteiger partial charge on any atom is 0.218 e. The predicted molar refractivity (Wildman–Crippen MR) is 86.8 cm³/mol. The van der Waals surface area contributed by atoms with Gasteiger partial charge in [-0.3, -0.25) is 4.68 Å². The SMILES string of the molecule is COc1nc2ccc(C)cc2cc1CNCc1cnn(C)c1. The highest BCUT2D eigenvalue weighted by Gasteiger charge is 2.08. The average Bonchev–Trinajstić information content (AvgIpc) is 2.92. The van der Waals surface area contributed by atoms with Crippen molar-refractivity contribution < 1.29 is 4.74 Å². The molecule has 1 aromatic carbocycles. The van der Waals surface area contributed by atoms with Gasteiger partial charge in [-0.2, -0.15) is 5.10 Å². The Morgan fingerprint density at radius 2 is 2.09 bits per heavy atom. The topological polar surface area (TPSA) is 52.0 Å². The highest BCUT2D eigenvalue weighted by Crippen LogP contribution is 2.23. The lowest BCUT2D eigenvalue weighted by atomic mass is 10.1. The zero-order valence-corrected chi connectivity index (χ0v) is 13.1. The normalized spacial score (nSPS) is 11.0. The smallest absolute Gasteiger partial charge is 0.218 e. The van der Waals surface area contributed by atoms with Crippen LogP contribution < -0.4 is 10.1 Å². The molecule has 2 heterocycles. The molecule has 22 heavy (non-hydrogen) atoms. The molecule has 5 heteroatoms. The Bertz CT molecular complexity index is 794. The molecule has 1 N–H and O–H groups in total. The molecule has 0 saturated carbocycles. The summed E-state index contributed by atoms with van der Waals surface area (Å²) in [6.07, 6.45) is 3.87. The molecule has 0 aliphatic rings. The van der Waals surface area contributed by atoms with E-state index in [-0.39, 0.29) is 0 Å². The summed E-state index contributed by atoms with van der Waals surface area (Å²) in [5.74, 6) is 0.676. The highest BCUT2D eigenvalue weighted by molar-refractivity contribution is 5.80. The first-order chi connectivity index (χ1) is 10.7. The van der Waals surface area contributed by atoms with Crippen molar-refractivity contribution in [3.63, 3.8) is 0 Å². The maximum atomic E-state index is 5.42. The minimum atomic E-state index is 0.676.